The van der Waals surface area contributed by atoms with E-state index in [9.17, 15) is 9.50 Å². The fourth-order valence-corrected chi connectivity index (χ4v) is 1.85. The molecule has 0 amide bonds. The largest absolute Gasteiger partial charge is 0.385 e. The van der Waals surface area contributed by atoms with E-state index in [-0.39, 0.29) is 0 Å². The Hall–Kier alpha value is -2.20. The molecule has 0 aliphatic heterocycles. The van der Waals surface area contributed by atoms with Gasteiger partial charge in [0, 0.05) is 0 Å². The topological polar surface area (TPSA) is 70.1 Å². The number of hydrogen-bond acceptors (Lipinski definition) is 2. The van der Waals surface area contributed by atoms with Gasteiger partial charge in [-0.15, -0.1) is 0 Å². The zero-order valence-corrected chi connectivity index (χ0v) is 9.60. The Labute approximate surface area is 104 Å². The molecule has 0 radical (unpaired) electrons. The molecule has 2 aromatic rings. The predicted octanol–water partition coefficient (Wildman–Crippen LogP) is 2.00. The number of benzene rings is 2. The van der Waals surface area contributed by atoms with Crippen LogP contribution in [0.25, 0.3) is 0 Å². The van der Waals surface area contributed by atoms with Crippen LogP contribution in [0.1, 0.15) is 11.1 Å². The molecule has 4 N–H and O–H groups in total. The van der Waals surface area contributed by atoms with Crippen molar-refractivity contribution in [3.63, 3.8) is 0 Å². The highest BCUT2D eigenvalue weighted by Crippen LogP contribution is 2.29. The van der Waals surface area contributed by atoms with Gasteiger partial charge in [-0.25, -0.2) is 4.39 Å². The van der Waals surface area contributed by atoms with Crippen LogP contribution in [0.15, 0.2) is 54.6 Å². The second-order valence-corrected chi connectivity index (χ2v) is 4.00. The summed E-state index contributed by atoms with van der Waals surface area (Å²) in [7, 11) is 0. The lowest BCUT2D eigenvalue weighted by Gasteiger charge is -2.27. The maximum absolute atomic E-state index is 12.9. The Balaban J connectivity index is 2.58. The van der Waals surface area contributed by atoms with Crippen LogP contribution in [0.3, 0.4) is 0 Å². The van der Waals surface area contributed by atoms with E-state index in [1.807, 2.05) is 0 Å². The number of rotatable bonds is 3. The summed E-state index contributed by atoms with van der Waals surface area (Å²) in [5.74, 6) is -0.807. The summed E-state index contributed by atoms with van der Waals surface area (Å²) in [5, 5.41) is 18.3. The van der Waals surface area contributed by atoms with Crippen molar-refractivity contribution < 1.29 is 9.50 Å². The van der Waals surface area contributed by atoms with E-state index in [0.717, 1.165) is 0 Å². The predicted molar refractivity (Wildman–Crippen MR) is 67.8 cm³/mol. The van der Waals surface area contributed by atoms with Crippen molar-refractivity contribution in [1.82, 2.24) is 0 Å². The van der Waals surface area contributed by atoms with Gasteiger partial charge in [0.15, 0.2) is 5.60 Å². The Bertz CT molecular complexity index is 554. The van der Waals surface area contributed by atoms with Gasteiger partial charge < -0.3 is 10.8 Å². The lowest BCUT2D eigenvalue weighted by molar-refractivity contribution is 0.153. The van der Waals surface area contributed by atoms with E-state index in [4.69, 9.17) is 11.1 Å². The van der Waals surface area contributed by atoms with Crippen LogP contribution in [0, 0.1) is 11.2 Å². The number of nitrogens with one attached hydrogen (secondary N) is 1. The minimum Gasteiger partial charge on any atom is -0.385 e. The average Bonchev–Trinajstić information content (AvgIpc) is 2.39. The molecule has 1 unspecified atom stereocenters. The summed E-state index contributed by atoms with van der Waals surface area (Å²) in [4.78, 5) is 0. The highest BCUT2D eigenvalue weighted by molar-refractivity contribution is 5.90. The summed E-state index contributed by atoms with van der Waals surface area (Å²) in [5.41, 5.74) is 4.62. The Kier molecular flexibility index (Phi) is 3.12. The second kappa shape index (κ2) is 4.58. The monoisotopic (exact) mass is 244 g/mol. The molecular weight excluding hydrogens is 231 g/mol. The van der Waals surface area contributed by atoms with Gasteiger partial charge in [-0.05, 0) is 23.3 Å². The number of aliphatic hydroxyl groups is 1. The van der Waals surface area contributed by atoms with Crippen molar-refractivity contribution in [2.75, 3.05) is 0 Å². The van der Waals surface area contributed by atoms with Gasteiger partial charge in [-0.2, -0.15) is 0 Å². The molecule has 92 valence electrons. The van der Waals surface area contributed by atoms with Crippen molar-refractivity contribution in [2.24, 2.45) is 5.73 Å². The van der Waals surface area contributed by atoms with Gasteiger partial charge in [0.2, 0.25) is 0 Å². The van der Waals surface area contributed by atoms with Crippen LogP contribution < -0.4 is 5.73 Å². The molecule has 2 rings (SSSR count). The first kappa shape index (κ1) is 12.3. The number of hydrogen-bond donors (Lipinski definition) is 3. The quantitative estimate of drug-likeness (QED) is 0.571. The molecule has 1 atom stereocenters. The molecule has 0 saturated heterocycles. The van der Waals surface area contributed by atoms with Crippen LogP contribution in [-0.2, 0) is 5.60 Å². The standard InChI is InChI=1S/C14H13FN2O/c15-12-8-6-11(7-9-12)14(18,13(16)17)10-4-2-1-3-5-10/h1-9,18H,(H3,16,17). The zero-order valence-electron chi connectivity index (χ0n) is 9.60. The van der Waals surface area contributed by atoms with Crippen LogP contribution in [0.5, 0.6) is 0 Å². The zero-order chi connectivity index (χ0) is 13.2. The smallest absolute Gasteiger partial charge is 0.171 e. The lowest BCUT2D eigenvalue weighted by atomic mass is 9.85. The SMILES string of the molecule is N=C(N)C(O)(c1ccccc1)c1ccc(F)cc1. The minimum absolute atomic E-state index is 0.364. The first-order valence-electron chi connectivity index (χ1n) is 5.43. The highest BCUT2D eigenvalue weighted by atomic mass is 19.1. The van der Waals surface area contributed by atoms with Crippen LogP contribution in [-0.4, -0.2) is 10.9 Å². The normalized spacial score (nSPS) is 13.9. The van der Waals surface area contributed by atoms with Crippen molar-refractivity contribution in [2.45, 2.75) is 5.60 Å². The van der Waals surface area contributed by atoms with Crippen LogP contribution in [0.4, 0.5) is 4.39 Å². The van der Waals surface area contributed by atoms with Crippen molar-refractivity contribution >= 4 is 5.84 Å². The van der Waals surface area contributed by atoms with Crippen molar-refractivity contribution in [1.29, 1.82) is 5.41 Å². The first-order chi connectivity index (χ1) is 8.55. The van der Waals surface area contributed by atoms with E-state index in [1.165, 1.54) is 24.3 Å². The molecule has 0 aliphatic carbocycles. The third kappa shape index (κ3) is 1.98. The van der Waals surface area contributed by atoms with E-state index < -0.39 is 17.3 Å². The molecule has 0 spiro atoms. The maximum Gasteiger partial charge on any atom is 0.171 e. The molecule has 0 fully saturated rings. The van der Waals surface area contributed by atoms with E-state index >= 15 is 0 Å². The molecule has 0 saturated carbocycles. The first-order valence-corrected chi connectivity index (χ1v) is 5.43. The molecule has 0 aromatic heterocycles. The van der Waals surface area contributed by atoms with Crippen LogP contribution in [0.2, 0.25) is 0 Å². The van der Waals surface area contributed by atoms with E-state index in [0.29, 0.717) is 11.1 Å². The van der Waals surface area contributed by atoms with Gasteiger partial charge in [-0.3, -0.25) is 5.41 Å². The van der Waals surface area contributed by atoms with E-state index in [2.05, 4.69) is 0 Å². The van der Waals surface area contributed by atoms with Gasteiger partial charge in [0.25, 0.3) is 0 Å². The van der Waals surface area contributed by atoms with Crippen molar-refractivity contribution in [3.05, 3.63) is 71.5 Å². The summed E-state index contributed by atoms with van der Waals surface area (Å²) < 4.78 is 12.9. The number of amidine groups is 1. The maximum atomic E-state index is 12.9. The molecule has 0 heterocycles. The molecule has 0 bridgehead atoms. The summed E-state index contributed by atoms with van der Waals surface area (Å²) >= 11 is 0. The summed E-state index contributed by atoms with van der Waals surface area (Å²) in [6.45, 7) is 0. The fourth-order valence-electron chi connectivity index (χ4n) is 1.85. The summed E-state index contributed by atoms with van der Waals surface area (Å²) in [6, 6.07) is 13.9. The summed E-state index contributed by atoms with van der Waals surface area (Å²) in [6.07, 6.45) is 0. The van der Waals surface area contributed by atoms with Crippen LogP contribution >= 0.6 is 0 Å². The Morgan fingerprint density at radius 2 is 1.50 bits per heavy atom. The third-order valence-corrected chi connectivity index (χ3v) is 2.84. The molecule has 18 heavy (non-hydrogen) atoms. The highest BCUT2D eigenvalue weighted by Gasteiger charge is 2.35. The Morgan fingerprint density at radius 1 is 1.00 bits per heavy atom. The number of halogens is 1. The molecule has 2 aromatic carbocycles. The van der Waals surface area contributed by atoms with Crippen molar-refractivity contribution in [3.8, 4) is 0 Å². The second-order valence-electron chi connectivity index (χ2n) is 4.00. The van der Waals surface area contributed by atoms with Gasteiger partial charge in [0.1, 0.15) is 11.7 Å². The van der Waals surface area contributed by atoms with Gasteiger partial charge in [0.05, 0.1) is 0 Å². The Morgan fingerprint density at radius 3 is 2.00 bits per heavy atom. The number of nitrogens with two attached hydrogens (primary N) is 1. The molecule has 0 aliphatic rings. The van der Waals surface area contributed by atoms with Gasteiger partial charge in [-0.1, -0.05) is 42.5 Å². The molecular formula is C14H13FN2O. The molecule has 3 nitrogen and oxygen atoms in total. The molecule has 4 heteroatoms. The fraction of sp³-hybridized carbons (Fsp3) is 0.0714. The third-order valence-electron chi connectivity index (χ3n) is 2.84. The lowest BCUT2D eigenvalue weighted by Crippen LogP contribution is -2.41. The van der Waals surface area contributed by atoms with Gasteiger partial charge >= 0.3 is 0 Å². The minimum atomic E-state index is -1.73. The van der Waals surface area contributed by atoms with E-state index in [1.54, 1.807) is 30.3 Å². The average molecular weight is 244 g/mol.